The van der Waals surface area contributed by atoms with Crippen LogP contribution in [0.4, 0.5) is 0 Å². The Labute approximate surface area is 531 Å². The number of rotatable bonds is 8. The van der Waals surface area contributed by atoms with Gasteiger partial charge in [0.2, 0.25) is 0 Å². The van der Waals surface area contributed by atoms with Crippen molar-refractivity contribution in [1.29, 1.82) is 0 Å². The van der Waals surface area contributed by atoms with Crippen molar-refractivity contribution in [3.63, 3.8) is 0 Å². The summed E-state index contributed by atoms with van der Waals surface area (Å²) >= 11 is 0. The normalized spacial score (nSPS) is 16.3. The Morgan fingerprint density at radius 3 is 0.643 bits per heavy atom. The number of hydrogen-bond acceptors (Lipinski definition) is 6. The van der Waals surface area contributed by atoms with Gasteiger partial charge in [-0.2, -0.15) is 21.9 Å². The topological polar surface area (TPSA) is 83.0 Å². The van der Waals surface area contributed by atoms with Crippen LogP contribution in [0, 0.1) is 0 Å². The smallest absolute Gasteiger partial charge is 0.843 e. The molecule has 436 valence electrons. The Bertz CT molecular complexity index is 2720. The molecule has 4 heterocycles. The van der Waals surface area contributed by atoms with Gasteiger partial charge in [0.25, 0.3) is 0 Å². The Hall–Kier alpha value is -4.88. The molecular weight excluding hydrogens is 1140 g/mol. The molecule has 4 fully saturated rings. The molecule has 14 rings (SSSR count). The van der Waals surface area contributed by atoms with E-state index < -0.39 is 33.5 Å². The van der Waals surface area contributed by atoms with Crippen LogP contribution < -0.4 is 32.1 Å². The minimum absolute atomic E-state index is 0. The number of fused-ring (bicyclic) bond motifs is 6. The molecule has 0 radical (unpaired) electrons. The molecule has 6 aliphatic rings. The van der Waals surface area contributed by atoms with E-state index >= 15 is 0 Å². The fourth-order valence-electron chi connectivity index (χ4n) is 12.6. The predicted molar refractivity (Wildman–Crippen MR) is 352 cm³/mol. The zero-order chi connectivity index (χ0) is 58.4. The van der Waals surface area contributed by atoms with Crippen molar-refractivity contribution in [3.8, 4) is 22.3 Å². The van der Waals surface area contributed by atoms with Crippen LogP contribution in [0.3, 0.4) is 0 Å². The van der Waals surface area contributed by atoms with Crippen LogP contribution in [0.2, 0.25) is 51.4 Å². The first-order chi connectivity index (χ1) is 40.3. The van der Waals surface area contributed by atoms with E-state index in [0.717, 1.165) is 109 Å². The molecule has 0 N–H and O–H groups in total. The molecule has 0 atom stereocenters. The third kappa shape index (κ3) is 17.7. The molecular formula is C74H90BO6Si2Y. The maximum Gasteiger partial charge on any atom is 3.00 e. The molecule has 0 aromatic heterocycles. The minimum atomic E-state index is -1.44. The van der Waals surface area contributed by atoms with Crippen molar-refractivity contribution in [2.75, 3.05) is 52.9 Å². The second-order valence-corrected chi connectivity index (χ2v) is 36.0. The third-order valence-electron chi connectivity index (χ3n) is 16.1. The van der Waals surface area contributed by atoms with Gasteiger partial charge in [0.15, 0.2) is 0 Å². The van der Waals surface area contributed by atoms with Gasteiger partial charge in [-0.25, -0.2) is 0 Å². The Morgan fingerprint density at radius 1 is 0.298 bits per heavy atom. The second kappa shape index (κ2) is 32.7. The van der Waals surface area contributed by atoms with Crippen LogP contribution in [0.5, 0.6) is 0 Å². The molecule has 10 heteroatoms. The molecule has 4 aliphatic heterocycles. The van der Waals surface area contributed by atoms with Gasteiger partial charge in [0.1, 0.15) is 6.15 Å². The van der Waals surface area contributed by atoms with Crippen molar-refractivity contribution in [3.05, 3.63) is 241 Å². The van der Waals surface area contributed by atoms with Crippen molar-refractivity contribution < 1.29 is 61.9 Å². The third-order valence-corrected chi connectivity index (χ3v) is 19.2. The summed E-state index contributed by atoms with van der Waals surface area (Å²) in [5.41, 5.74) is 11.7. The molecule has 0 amide bonds. The zero-order valence-corrected chi connectivity index (χ0v) is 56.0. The largest absolute Gasteiger partial charge is 3.00 e. The summed E-state index contributed by atoms with van der Waals surface area (Å²) < 4.78 is 19.8. The van der Waals surface area contributed by atoms with E-state index in [9.17, 15) is 10.2 Å². The van der Waals surface area contributed by atoms with Gasteiger partial charge in [0, 0.05) is 69.0 Å². The van der Waals surface area contributed by atoms with Gasteiger partial charge >= 0.3 is 32.7 Å². The molecule has 2 aliphatic carbocycles. The quantitative estimate of drug-likeness (QED) is 0.141. The predicted octanol–water partition coefficient (Wildman–Crippen LogP) is 13.5. The summed E-state index contributed by atoms with van der Waals surface area (Å²) in [5, 5.41) is 27.2. The first-order valence-electron chi connectivity index (χ1n) is 30.7. The van der Waals surface area contributed by atoms with Crippen LogP contribution in [-0.2, 0) is 62.9 Å². The zero-order valence-electron chi connectivity index (χ0n) is 51.1. The van der Waals surface area contributed by atoms with Crippen molar-refractivity contribution in [2.24, 2.45) is 0 Å². The summed E-state index contributed by atoms with van der Waals surface area (Å²) in [6.07, 6.45) is 9.01. The second-order valence-electron chi connectivity index (χ2n) is 25.1. The minimum Gasteiger partial charge on any atom is -0.843 e. The van der Waals surface area contributed by atoms with E-state index in [4.69, 9.17) is 18.9 Å². The van der Waals surface area contributed by atoms with Crippen LogP contribution >= 0.6 is 0 Å². The maximum absolute atomic E-state index is 13.6. The van der Waals surface area contributed by atoms with E-state index in [1.807, 2.05) is 72.8 Å². The van der Waals surface area contributed by atoms with Gasteiger partial charge in [-0.15, -0.1) is 0 Å². The molecule has 4 saturated heterocycles. The van der Waals surface area contributed by atoms with Crippen molar-refractivity contribution >= 4 is 44.1 Å². The van der Waals surface area contributed by atoms with Crippen LogP contribution in [0.15, 0.2) is 218 Å². The first kappa shape index (κ1) is 66.6. The molecule has 0 saturated carbocycles. The monoisotopic (exact) mass is 1230 g/mol. The fourth-order valence-corrected chi connectivity index (χ4v) is 16.4. The molecule has 0 spiro atoms. The van der Waals surface area contributed by atoms with E-state index in [2.05, 4.69) is 185 Å². The first-order valence-corrected chi connectivity index (χ1v) is 38.2. The van der Waals surface area contributed by atoms with E-state index in [-0.39, 0.29) is 32.7 Å². The Balaban J connectivity index is 0.000000155. The number of ether oxygens (including phenoxy) is 4. The average molecular weight is 1230 g/mol. The summed E-state index contributed by atoms with van der Waals surface area (Å²) in [7, 11) is -2.89. The van der Waals surface area contributed by atoms with E-state index in [1.165, 1.54) is 73.2 Å². The van der Waals surface area contributed by atoms with E-state index in [0.29, 0.717) is 0 Å². The van der Waals surface area contributed by atoms with Gasteiger partial charge in [0.05, 0.1) is 0 Å². The molecule has 8 aromatic rings. The molecule has 6 nitrogen and oxygen atoms in total. The molecule has 84 heavy (non-hydrogen) atoms. The van der Waals surface area contributed by atoms with Gasteiger partial charge in [-0.1, -0.05) is 281 Å². The molecule has 0 unspecified atom stereocenters. The Kier molecular flexibility index (Phi) is 26.0. The number of hydrogen-bond donors (Lipinski definition) is 0. The van der Waals surface area contributed by atoms with Gasteiger partial charge in [-0.3, -0.25) is 0 Å². The van der Waals surface area contributed by atoms with Crippen LogP contribution in [0.25, 0.3) is 22.3 Å². The summed E-state index contributed by atoms with van der Waals surface area (Å²) in [4.78, 5) is 0. The average Bonchev–Trinajstić information content (AvgIpc) is 1.55. The maximum atomic E-state index is 13.6. The van der Waals surface area contributed by atoms with Crippen LogP contribution in [-0.4, -0.2) is 75.1 Å². The fraction of sp³-hybridized carbons (Fsp3) is 0.351. The summed E-state index contributed by atoms with van der Waals surface area (Å²) in [6.45, 7) is 21.6. The van der Waals surface area contributed by atoms with Gasteiger partial charge in [-0.05, 0) is 95.9 Å². The molecule has 0 bridgehead atoms. The van der Waals surface area contributed by atoms with E-state index in [1.54, 1.807) is 0 Å². The molecule has 8 aromatic carbocycles. The van der Waals surface area contributed by atoms with Crippen molar-refractivity contribution in [2.45, 2.75) is 114 Å². The Morgan fingerprint density at radius 2 is 0.476 bits per heavy atom. The standard InChI is InChI=1S/C24H20B.2C17H19OSi.4C4H8O.Y/c1-5-13-21(14-6-1)25(22-15-7-2-8-16-22,23-17-9-3-10-18-23)24-19-11-4-12-20-24;2*1-19(2,3)12-17(18)15-10-6-4-8-13(15)14-9-5-7-11-16(14)17;4*1-2-4-5-3-1;/h1-20H;2*4-11H,12H2,1-3H3;4*1-4H2;/q3*-1;;;;;+3. The summed E-state index contributed by atoms with van der Waals surface area (Å²) in [6, 6.07) is 77.5. The van der Waals surface area contributed by atoms with Crippen molar-refractivity contribution in [1.82, 2.24) is 0 Å². The summed E-state index contributed by atoms with van der Waals surface area (Å²) in [5.74, 6) is 0. The van der Waals surface area contributed by atoms with Gasteiger partial charge < -0.3 is 29.2 Å². The van der Waals surface area contributed by atoms with Crippen LogP contribution in [0.1, 0.15) is 73.6 Å². The number of benzene rings is 8. The SMILES string of the molecule is C1CCOC1.C1CCOC1.C1CCOC1.C1CCOC1.C[Si](C)(C)CC1([O-])c2ccccc2-c2ccccc21.C[Si](C)(C)CC1([O-])c2ccccc2-c2ccccc21.[Y+3].c1ccc([B-](c2ccccc2)(c2ccccc2)c2ccccc2)cc1.